The van der Waals surface area contributed by atoms with E-state index >= 15 is 0 Å². The van der Waals surface area contributed by atoms with E-state index in [1.54, 1.807) is 42.5 Å². The number of hydrogen-bond acceptors (Lipinski definition) is 6. The molecule has 0 atom stereocenters. The molecule has 0 unspecified atom stereocenters. The van der Waals surface area contributed by atoms with Gasteiger partial charge in [-0.3, -0.25) is 9.59 Å². The molecule has 0 saturated carbocycles. The first-order chi connectivity index (χ1) is 14.0. The van der Waals surface area contributed by atoms with Crippen LogP contribution < -0.4 is 24.8 Å². The number of carbonyl (C=O) groups excluding carboxylic acids is 2. The minimum absolute atomic E-state index is 0.127. The van der Waals surface area contributed by atoms with Gasteiger partial charge in [-0.25, -0.2) is 0 Å². The predicted molar refractivity (Wildman–Crippen MR) is 110 cm³/mol. The Labute approximate surface area is 169 Å². The molecule has 2 aromatic carbocycles. The SMILES string of the molecule is COc1cc(C=CC(=O)Nc2ccccc2C(=O)NCCO)cc(OC)c1OC. The standard InChI is InChI=1S/C21H24N2O6/c1-27-17-12-14(13-18(28-2)20(17)29-3)8-9-19(25)23-16-7-5-4-6-15(16)21(26)22-10-11-24/h4-9,12-13,24H,10-11H2,1-3H3,(H,22,26)(H,23,25). The summed E-state index contributed by atoms with van der Waals surface area (Å²) >= 11 is 0. The van der Waals surface area contributed by atoms with E-state index < -0.39 is 5.91 Å². The first kappa shape index (κ1) is 21.8. The molecule has 0 saturated heterocycles. The van der Waals surface area contributed by atoms with Crippen LogP contribution in [-0.2, 0) is 4.79 Å². The molecule has 2 aromatic rings. The van der Waals surface area contributed by atoms with Crippen LogP contribution in [0, 0.1) is 0 Å². The first-order valence-electron chi connectivity index (χ1n) is 8.81. The predicted octanol–water partition coefficient (Wildman–Crippen LogP) is 2.09. The number of amides is 2. The second kappa shape index (κ2) is 10.7. The maximum Gasteiger partial charge on any atom is 0.253 e. The fourth-order valence-electron chi connectivity index (χ4n) is 2.60. The van der Waals surface area contributed by atoms with Gasteiger partial charge in [0.1, 0.15) is 0 Å². The Morgan fingerprint density at radius 2 is 1.69 bits per heavy atom. The summed E-state index contributed by atoms with van der Waals surface area (Å²) in [5.41, 5.74) is 1.33. The van der Waals surface area contributed by atoms with Crippen molar-refractivity contribution in [1.82, 2.24) is 5.32 Å². The maximum absolute atomic E-state index is 12.3. The monoisotopic (exact) mass is 400 g/mol. The number of aliphatic hydroxyl groups excluding tert-OH is 1. The lowest BCUT2D eigenvalue weighted by Crippen LogP contribution is -2.27. The zero-order chi connectivity index (χ0) is 21.2. The summed E-state index contributed by atoms with van der Waals surface area (Å²) in [5, 5.41) is 14.1. The van der Waals surface area contributed by atoms with Crippen LogP contribution in [0.25, 0.3) is 6.08 Å². The van der Waals surface area contributed by atoms with Gasteiger partial charge in [-0.05, 0) is 35.9 Å². The molecule has 3 N–H and O–H groups in total. The summed E-state index contributed by atoms with van der Waals surface area (Å²) < 4.78 is 15.9. The van der Waals surface area contributed by atoms with Gasteiger partial charge in [0.2, 0.25) is 11.7 Å². The zero-order valence-corrected chi connectivity index (χ0v) is 16.5. The van der Waals surface area contributed by atoms with Crippen LogP contribution in [0.2, 0.25) is 0 Å². The van der Waals surface area contributed by atoms with Crippen LogP contribution in [0.5, 0.6) is 17.2 Å². The largest absolute Gasteiger partial charge is 0.493 e. The number of anilines is 1. The van der Waals surface area contributed by atoms with E-state index in [0.29, 0.717) is 34.1 Å². The summed E-state index contributed by atoms with van der Waals surface area (Å²) in [6.07, 6.45) is 2.93. The van der Waals surface area contributed by atoms with E-state index in [0.717, 1.165) is 0 Å². The van der Waals surface area contributed by atoms with Crippen molar-refractivity contribution in [2.75, 3.05) is 39.8 Å². The summed E-state index contributed by atoms with van der Waals surface area (Å²) in [4.78, 5) is 24.5. The molecule has 0 heterocycles. The molecular weight excluding hydrogens is 376 g/mol. The van der Waals surface area contributed by atoms with Crippen LogP contribution in [0.1, 0.15) is 15.9 Å². The van der Waals surface area contributed by atoms with Crippen LogP contribution in [0.3, 0.4) is 0 Å². The molecule has 0 aliphatic rings. The van der Waals surface area contributed by atoms with E-state index in [4.69, 9.17) is 19.3 Å². The van der Waals surface area contributed by atoms with Crippen LogP contribution >= 0.6 is 0 Å². The van der Waals surface area contributed by atoms with Crippen LogP contribution in [0.4, 0.5) is 5.69 Å². The zero-order valence-electron chi connectivity index (χ0n) is 16.5. The van der Waals surface area contributed by atoms with Crippen LogP contribution in [0.15, 0.2) is 42.5 Å². The van der Waals surface area contributed by atoms with Gasteiger partial charge < -0.3 is 30.0 Å². The summed E-state index contributed by atoms with van der Waals surface area (Å²) in [6.45, 7) is -0.0417. The topological polar surface area (TPSA) is 106 Å². The van der Waals surface area contributed by atoms with Crippen molar-refractivity contribution >= 4 is 23.6 Å². The highest BCUT2D eigenvalue weighted by Gasteiger charge is 2.13. The summed E-state index contributed by atoms with van der Waals surface area (Å²) in [7, 11) is 4.53. The van der Waals surface area contributed by atoms with E-state index in [1.165, 1.54) is 27.4 Å². The Kier molecular flexibility index (Phi) is 8.05. The number of nitrogens with one attached hydrogen (secondary N) is 2. The molecule has 0 fully saturated rings. The molecule has 0 radical (unpaired) electrons. The fraction of sp³-hybridized carbons (Fsp3) is 0.238. The average Bonchev–Trinajstić information content (AvgIpc) is 2.75. The number of ether oxygens (including phenoxy) is 3. The molecule has 29 heavy (non-hydrogen) atoms. The third kappa shape index (κ3) is 5.73. The van der Waals surface area contributed by atoms with Crippen molar-refractivity contribution in [3.05, 3.63) is 53.6 Å². The second-order valence-corrected chi connectivity index (χ2v) is 5.81. The number of methoxy groups -OCH3 is 3. The molecule has 2 amide bonds. The Morgan fingerprint density at radius 3 is 2.28 bits per heavy atom. The smallest absolute Gasteiger partial charge is 0.253 e. The first-order valence-corrected chi connectivity index (χ1v) is 8.81. The third-order valence-corrected chi connectivity index (χ3v) is 3.94. The fourth-order valence-corrected chi connectivity index (χ4v) is 2.60. The van der Waals surface area contributed by atoms with Crippen LogP contribution in [-0.4, -0.2) is 51.4 Å². The number of hydrogen-bond donors (Lipinski definition) is 3. The average molecular weight is 400 g/mol. The van der Waals surface area contributed by atoms with Gasteiger partial charge in [0.25, 0.3) is 5.91 Å². The van der Waals surface area contributed by atoms with E-state index in [-0.39, 0.29) is 19.1 Å². The Bertz CT molecular complexity index is 869. The van der Waals surface area contributed by atoms with Crippen molar-refractivity contribution < 1.29 is 28.9 Å². The number of para-hydroxylation sites is 1. The Morgan fingerprint density at radius 1 is 1.03 bits per heavy atom. The summed E-state index contributed by atoms with van der Waals surface area (Å²) in [5.74, 6) is 0.597. The molecule has 8 heteroatoms. The third-order valence-electron chi connectivity index (χ3n) is 3.94. The molecule has 0 aliphatic carbocycles. The molecule has 8 nitrogen and oxygen atoms in total. The minimum Gasteiger partial charge on any atom is -0.493 e. The second-order valence-electron chi connectivity index (χ2n) is 5.81. The van der Waals surface area contributed by atoms with E-state index in [9.17, 15) is 9.59 Å². The Hall–Kier alpha value is -3.52. The van der Waals surface area contributed by atoms with Crippen molar-refractivity contribution in [2.24, 2.45) is 0 Å². The maximum atomic E-state index is 12.3. The van der Waals surface area contributed by atoms with Crippen molar-refractivity contribution in [3.63, 3.8) is 0 Å². The highest BCUT2D eigenvalue weighted by atomic mass is 16.5. The van der Waals surface area contributed by atoms with Gasteiger partial charge in [-0.2, -0.15) is 0 Å². The van der Waals surface area contributed by atoms with Gasteiger partial charge in [0.15, 0.2) is 11.5 Å². The van der Waals surface area contributed by atoms with Gasteiger partial charge in [0.05, 0.1) is 39.2 Å². The lowest BCUT2D eigenvalue weighted by molar-refractivity contribution is -0.111. The highest BCUT2D eigenvalue weighted by Crippen LogP contribution is 2.38. The van der Waals surface area contributed by atoms with Gasteiger partial charge in [-0.15, -0.1) is 0 Å². The molecule has 154 valence electrons. The highest BCUT2D eigenvalue weighted by molar-refractivity contribution is 6.07. The lowest BCUT2D eigenvalue weighted by Gasteiger charge is -2.13. The van der Waals surface area contributed by atoms with Crippen molar-refractivity contribution in [3.8, 4) is 17.2 Å². The number of carbonyl (C=O) groups is 2. The van der Waals surface area contributed by atoms with Crippen molar-refractivity contribution in [2.45, 2.75) is 0 Å². The van der Waals surface area contributed by atoms with E-state index in [2.05, 4.69) is 10.6 Å². The Balaban J connectivity index is 2.18. The molecular formula is C21H24N2O6. The minimum atomic E-state index is -0.416. The quantitative estimate of drug-likeness (QED) is 0.557. The van der Waals surface area contributed by atoms with Gasteiger partial charge in [0, 0.05) is 12.6 Å². The lowest BCUT2D eigenvalue weighted by atomic mass is 10.1. The molecule has 0 spiro atoms. The normalized spacial score (nSPS) is 10.5. The molecule has 2 rings (SSSR count). The number of rotatable bonds is 9. The van der Waals surface area contributed by atoms with E-state index in [1.807, 2.05) is 0 Å². The number of aliphatic hydroxyl groups is 1. The molecule has 0 bridgehead atoms. The van der Waals surface area contributed by atoms with Crippen molar-refractivity contribution in [1.29, 1.82) is 0 Å². The van der Waals surface area contributed by atoms with Gasteiger partial charge in [-0.1, -0.05) is 12.1 Å². The summed E-state index contributed by atoms with van der Waals surface area (Å²) in [6, 6.07) is 10.0. The molecule has 0 aromatic heterocycles. The molecule has 0 aliphatic heterocycles. The van der Waals surface area contributed by atoms with Gasteiger partial charge >= 0.3 is 0 Å². The number of benzene rings is 2.